The minimum absolute atomic E-state index is 0.0698. The molecular weight excluding hydrogens is 759 g/mol. The maximum absolute atomic E-state index is 12.8. The standard InChI is InChI=1S/C54H41NO6/c1-58-45-23-15-40(16-24-45)49(56)33-39-9-5-35(6-10-39)3-7-37-13-27-47-42(31-37)19-29-50-52(47)53-48-28-14-38(32-43(48)20-30-51(53)61-34-60-50)8-4-36-11-21-44(22-12-36)55-54(57)41-17-25-46(59-2)26-18-41/h3-32H,33-34H2,1-2H3,(H,55,57)/b7-3-,8-4-. The van der Waals surface area contributed by atoms with Gasteiger partial charge in [-0.15, -0.1) is 0 Å². The monoisotopic (exact) mass is 799 g/mol. The first-order valence-corrected chi connectivity index (χ1v) is 20.0. The normalized spacial score (nSPS) is 12.0. The fraction of sp³-hybridized carbons (Fsp3) is 0.0741. The number of ketones is 1. The van der Waals surface area contributed by atoms with Crippen LogP contribution in [0.15, 0.2) is 158 Å². The summed E-state index contributed by atoms with van der Waals surface area (Å²) in [6.45, 7) is 0.122. The van der Waals surface area contributed by atoms with Crippen molar-refractivity contribution in [3.8, 4) is 34.1 Å². The molecule has 1 N–H and O–H groups in total. The molecule has 8 aromatic rings. The molecule has 0 saturated heterocycles. The Kier molecular flexibility index (Phi) is 10.8. The van der Waals surface area contributed by atoms with Gasteiger partial charge in [-0.05, 0) is 134 Å². The molecule has 61 heavy (non-hydrogen) atoms. The fourth-order valence-electron chi connectivity index (χ4n) is 7.60. The second kappa shape index (κ2) is 17.1. The quantitative estimate of drug-likeness (QED) is 0.104. The van der Waals surface area contributed by atoms with E-state index in [0.29, 0.717) is 23.3 Å². The molecule has 298 valence electrons. The van der Waals surface area contributed by atoms with E-state index in [2.05, 4.69) is 78.2 Å². The molecule has 9 rings (SSSR count). The number of rotatable bonds is 11. The molecule has 1 aliphatic heterocycles. The first-order valence-electron chi connectivity index (χ1n) is 20.0. The number of fused-ring (bicyclic) bond motifs is 7. The molecule has 0 radical (unpaired) electrons. The summed E-state index contributed by atoms with van der Waals surface area (Å²) < 4.78 is 22.7. The highest BCUT2D eigenvalue weighted by atomic mass is 16.7. The molecule has 7 heteroatoms. The van der Waals surface area contributed by atoms with Crippen molar-refractivity contribution >= 4 is 63.2 Å². The molecule has 8 aromatic carbocycles. The van der Waals surface area contributed by atoms with E-state index in [1.165, 1.54) is 0 Å². The van der Waals surface area contributed by atoms with Crippen LogP contribution >= 0.6 is 0 Å². The number of hydrogen-bond acceptors (Lipinski definition) is 6. The van der Waals surface area contributed by atoms with Gasteiger partial charge in [0, 0.05) is 34.4 Å². The van der Waals surface area contributed by atoms with Crippen LogP contribution in [0.2, 0.25) is 0 Å². The number of carbonyl (C=O) groups excluding carboxylic acids is 2. The molecule has 0 atom stereocenters. The maximum Gasteiger partial charge on any atom is 0.255 e. The molecule has 0 spiro atoms. The average Bonchev–Trinajstić information content (AvgIpc) is 3.51. The van der Waals surface area contributed by atoms with E-state index in [9.17, 15) is 9.59 Å². The Bertz CT molecular complexity index is 2760. The highest BCUT2D eigenvalue weighted by molar-refractivity contribution is 6.11. The number of hydrogen-bond donors (Lipinski definition) is 1. The van der Waals surface area contributed by atoms with E-state index < -0.39 is 0 Å². The second-order valence-electron chi connectivity index (χ2n) is 14.8. The predicted molar refractivity (Wildman–Crippen MR) is 246 cm³/mol. The van der Waals surface area contributed by atoms with Crippen molar-refractivity contribution in [3.05, 3.63) is 197 Å². The Morgan fingerprint density at radius 2 is 0.984 bits per heavy atom. The summed E-state index contributed by atoms with van der Waals surface area (Å²) in [5.74, 6) is 2.88. The first-order chi connectivity index (χ1) is 29.9. The van der Waals surface area contributed by atoms with Gasteiger partial charge in [0.25, 0.3) is 5.91 Å². The van der Waals surface area contributed by atoms with Crippen molar-refractivity contribution in [2.75, 3.05) is 26.3 Å². The highest BCUT2D eigenvalue weighted by Crippen LogP contribution is 2.47. The van der Waals surface area contributed by atoms with Crippen LogP contribution < -0.4 is 24.3 Å². The zero-order valence-electron chi connectivity index (χ0n) is 33.7. The number of Topliss-reactive ketones (excluding diaryl/α,β-unsaturated/α-hetero) is 1. The lowest BCUT2D eigenvalue weighted by Gasteiger charge is -2.14. The van der Waals surface area contributed by atoms with Crippen molar-refractivity contribution in [1.82, 2.24) is 0 Å². The third-order valence-corrected chi connectivity index (χ3v) is 10.9. The molecule has 0 unspecified atom stereocenters. The van der Waals surface area contributed by atoms with Gasteiger partial charge in [-0.3, -0.25) is 9.59 Å². The zero-order chi connectivity index (χ0) is 41.7. The van der Waals surface area contributed by atoms with Crippen LogP contribution in [0.3, 0.4) is 0 Å². The van der Waals surface area contributed by atoms with Gasteiger partial charge in [0.05, 0.1) is 14.2 Å². The van der Waals surface area contributed by atoms with E-state index in [1.54, 1.807) is 50.6 Å². The van der Waals surface area contributed by atoms with Crippen LogP contribution in [0.1, 0.15) is 48.5 Å². The minimum Gasteiger partial charge on any atom is -0.497 e. The maximum atomic E-state index is 12.8. The Hall–Kier alpha value is -7.90. The Labute approximate surface area is 354 Å². The van der Waals surface area contributed by atoms with E-state index in [-0.39, 0.29) is 18.5 Å². The molecule has 1 amide bonds. The van der Waals surface area contributed by atoms with Gasteiger partial charge in [-0.1, -0.05) is 97.1 Å². The number of ether oxygens (including phenoxy) is 4. The summed E-state index contributed by atoms with van der Waals surface area (Å²) in [7, 11) is 3.21. The van der Waals surface area contributed by atoms with Crippen molar-refractivity contribution in [2.45, 2.75) is 6.42 Å². The van der Waals surface area contributed by atoms with Gasteiger partial charge in [0.2, 0.25) is 6.79 Å². The lowest BCUT2D eigenvalue weighted by atomic mass is 9.91. The lowest BCUT2D eigenvalue weighted by Crippen LogP contribution is -2.11. The van der Waals surface area contributed by atoms with Gasteiger partial charge in [-0.2, -0.15) is 0 Å². The second-order valence-corrected chi connectivity index (χ2v) is 14.8. The Morgan fingerprint density at radius 1 is 0.525 bits per heavy atom. The SMILES string of the molecule is COc1ccc(C(=O)Cc2ccc(/C=C\c3ccc4c5c(ccc4c3)OCOc3ccc4cc(/C=C\c6ccc(NC(=O)c7ccc(OC)cc7)cc6)ccc4c3-5)cc2)cc1. The summed E-state index contributed by atoms with van der Waals surface area (Å²) in [6, 6.07) is 51.3. The van der Waals surface area contributed by atoms with Crippen LogP contribution in [0.4, 0.5) is 5.69 Å². The van der Waals surface area contributed by atoms with Crippen LogP contribution in [-0.2, 0) is 6.42 Å². The molecular formula is C54H41NO6. The third kappa shape index (κ3) is 8.49. The Balaban J connectivity index is 0.916. The summed E-state index contributed by atoms with van der Waals surface area (Å²) in [6.07, 6.45) is 8.69. The van der Waals surface area contributed by atoms with Crippen LogP contribution in [-0.4, -0.2) is 32.7 Å². The van der Waals surface area contributed by atoms with Crippen LogP contribution in [0.25, 0.3) is 57.0 Å². The third-order valence-electron chi connectivity index (χ3n) is 10.9. The molecule has 0 bridgehead atoms. The summed E-state index contributed by atoms with van der Waals surface area (Å²) in [4.78, 5) is 25.5. The molecule has 1 aliphatic rings. The summed E-state index contributed by atoms with van der Waals surface area (Å²) in [5, 5.41) is 7.28. The predicted octanol–water partition coefficient (Wildman–Crippen LogP) is 12.4. The molecule has 1 heterocycles. The van der Waals surface area contributed by atoms with E-state index in [0.717, 1.165) is 83.4 Å². The van der Waals surface area contributed by atoms with Crippen molar-refractivity contribution < 1.29 is 28.5 Å². The summed E-state index contributed by atoms with van der Waals surface area (Å²) in [5.41, 5.74) is 9.11. The molecule has 7 nitrogen and oxygen atoms in total. The van der Waals surface area contributed by atoms with Gasteiger partial charge < -0.3 is 24.3 Å². The van der Waals surface area contributed by atoms with Crippen LogP contribution in [0.5, 0.6) is 23.0 Å². The number of benzene rings is 8. The number of anilines is 1. The minimum atomic E-state index is -0.179. The van der Waals surface area contributed by atoms with E-state index in [1.807, 2.05) is 72.8 Å². The smallest absolute Gasteiger partial charge is 0.255 e. The molecule has 0 aliphatic carbocycles. The number of carbonyl (C=O) groups is 2. The number of methoxy groups -OCH3 is 2. The van der Waals surface area contributed by atoms with Crippen molar-refractivity contribution in [2.24, 2.45) is 0 Å². The lowest BCUT2D eigenvalue weighted by molar-refractivity contribution is 0.0990. The zero-order valence-corrected chi connectivity index (χ0v) is 33.7. The number of nitrogens with one attached hydrogen (secondary N) is 1. The average molecular weight is 800 g/mol. The highest BCUT2D eigenvalue weighted by Gasteiger charge is 2.22. The molecule has 0 saturated carbocycles. The fourth-order valence-corrected chi connectivity index (χ4v) is 7.60. The topological polar surface area (TPSA) is 83.1 Å². The largest absolute Gasteiger partial charge is 0.497 e. The van der Waals surface area contributed by atoms with E-state index >= 15 is 0 Å². The summed E-state index contributed by atoms with van der Waals surface area (Å²) >= 11 is 0. The van der Waals surface area contributed by atoms with Gasteiger partial charge in [0.15, 0.2) is 5.78 Å². The number of amides is 1. The van der Waals surface area contributed by atoms with Crippen molar-refractivity contribution in [1.29, 1.82) is 0 Å². The first kappa shape index (κ1) is 38.6. The van der Waals surface area contributed by atoms with E-state index in [4.69, 9.17) is 18.9 Å². The molecule has 0 fully saturated rings. The molecule has 0 aromatic heterocycles. The van der Waals surface area contributed by atoms with Gasteiger partial charge in [-0.25, -0.2) is 0 Å². The van der Waals surface area contributed by atoms with Crippen LogP contribution in [0, 0.1) is 0 Å². The van der Waals surface area contributed by atoms with Gasteiger partial charge >= 0.3 is 0 Å². The van der Waals surface area contributed by atoms with Gasteiger partial charge in [0.1, 0.15) is 23.0 Å². The Morgan fingerprint density at radius 3 is 1.49 bits per heavy atom. The van der Waals surface area contributed by atoms with Crippen molar-refractivity contribution in [3.63, 3.8) is 0 Å².